The van der Waals surface area contributed by atoms with Gasteiger partial charge in [0.05, 0.1) is 0 Å². The molecule has 82 valence electrons. The van der Waals surface area contributed by atoms with Crippen LogP contribution in [0.3, 0.4) is 0 Å². The minimum Gasteiger partial charge on any atom is -0.100 e. The third-order valence-electron chi connectivity index (χ3n) is 2.21. The van der Waals surface area contributed by atoms with Crippen LogP contribution in [0.1, 0.15) is 39.2 Å². The normalized spacial score (nSPS) is 8.73. The Labute approximate surface area is 94.3 Å². The van der Waals surface area contributed by atoms with E-state index in [2.05, 4.69) is 39.1 Å². The molecular weight excluding hydrogens is 180 g/mol. The second kappa shape index (κ2) is 8.05. The van der Waals surface area contributed by atoms with E-state index in [1.165, 1.54) is 16.7 Å². The first-order valence-corrected chi connectivity index (χ1v) is 5.49. The van der Waals surface area contributed by atoms with Gasteiger partial charge in [0.2, 0.25) is 0 Å². The van der Waals surface area contributed by atoms with Crippen molar-refractivity contribution in [3.05, 3.63) is 54.6 Å². The molecule has 0 bridgehead atoms. The molecule has 1 aromatic rings. The molecule has 0 atom stereocenters. The van der Waals surface area contributed by atoms with E-state index in [0.29, 0.717) is 0 Å². The number of rotatable bonds is 3. The summed E-state index contributed by atoms with van der Waals surface area (Å²) in [6, 6.07) is 10.3. The maximum atomic E-state index is 3.94. The van der Waals surface area contributed by atoms with Crippen molar-refractivity contribution >= 4 is 5.57 Å². The first-order valence-electron chi connectivity index (χ1n) is 5.49. The van der Waals surface area contributed by atoms with Crippen LogP contribution in [0, 0.1) is 0 Å². The summed E-state index contributed by atoms with van der Waals surface area (Å²) >= 11 is 0. The van der Waals surface area contributed by atoms with Gasteiger partial charge in [0.15, 0.2) is 0 Å². The minimum atomic E-state index is 1.03. The summed E-state index contributed by atoms with van der Waals surface area (Å²) in [5.74, 6) is 0. The number of benzene rings is 1. The standard InChI is InChI=1S/C10H12.C5H10/c1-3-9(2)10-7-5-4-6-8-10;1-4-5(2)3/h4-8H,2-3H2,1H3;2,4H2,1,3H3. The SMILES string of the molecule is C=C(C)CC.C=C(CC)c1ccccc1. The molecule has 0 aromatic heterocycles. The van der Waals surface area contributed by atoms with Gasteiger partial charge in [-0.15, -0.1) is 6.58 Å². The van der Waals surface area contributed by atoms with Crippen LogP contribution >= 0.6 is 0 Å². The highest BCUT2D eigenvalue weighted by Gasteiger charge is 1.91. The van der Waals surface area contributed by atoms with Gasteiger partial charge in [-0.3, -0.25) is 0 Å². The monoisotopic (exact) mass is 202 g/mol. The lowest BCUT2D eigenvalue weighted by molar-refractivity contribution is 1.11. The Morgan fingerprint density at radius 3 is 1.80 bits per heavy atom. The Morgan fingerprint density at radius 1 is 1.00 bits per heavy atom. The maximum absolute atomic E-state index is 3.94. The van der Waals surface area contributed by atoms with Gasteiger partial charge in [-0.05, 0) is 30.9 Å². The molecule has 0 amide bonds. The Kier molecular flexibility index (Phi) is 7.35. The summed E-state index contributed by atoms with van der Waals surface area (Å²) in [7, 11) is 0. The zero-order valence-electron chi connectivity index (χ0n) is 10.2. The van der Waals surface area contributed by atoms with Crippen LogP contribution in [0.15, 0.2) is 49.1 Å². The lowest BCUT2D eigenvalue weighted by Crippen LogP contribution is -1.77. The van der Waals surface area contributed by atoms with E-state index in [0.717, 1.165) is 12.8 Å². The Morgan fingerprint density at radius 2 is 1.47 bits per heavy atom. The Balaban J connectivity index is 0.000000336. The van der Waals surface area contributed by atoms with Crippen LogP contribution in [0.2, 0.25) is 0 Å². The molecule has 0 unspecified atom stereocenters. The predicted octanol–water partition coefficient (Wildman–Crippen LogP) is 5.08. The highest BCUT2D eigenvalue weighted by molar-refractivity contribution is 5.62. The van der Waals surface area contributed by atoms with Crippen molar-refractivity contribution < 1.29 is 0 Å². The van der Waals surface area contributed by atoms with Crippen LogP contribution in [-0.4, -0.2) is 0 Å². The van der Waals surface area contributed by atoms with Gasteiger partial charge in [-0.25, -0.2) is 0 Å². The van der Waals surface area contributed by atoms with Gasteiger partial charge >= 0.3 is 0 Å². The van der Waals surface area contributed by atoms with Crippen LogP contribution in [-0.2, 0) is 0 Å². The average molecular weight is 202 g/mol. The summed E-state index contributed by atoms with van der Waals surface area (Å²) in [6.45, 7) is 13.9. The van der Waals surface area contributed by atoms with Gasteiger partial charge in [0.25, 0.3) is 0 Å². The quantitative estimate of drug-likeness (QED) is 0.599. The van der Waals surface area contributed by atoms with E-state index >= 15 is 0 Å². The smallest absolute Gasteiger partial charge is 0.0231 e. The zero-order chi connectivity index (χ0) is 11.7. The Bertz CT molecular complexity index is 293. The highest BCUT2D eigenvalue weighted by Crippen LogP contribution is 2.13. The van der Waals surface area contributed by atoms with Crippen LogP contribution in [0.4, 0.5) is 0 Å². The third-order valence-corrected chi connectivity index (χ3v) is 2.21. The molecule has 0 fully saturated rings. The molecule has 0 nitrogen and oxygen atoms in total. The van der Waals surface area contributed by atoms with E-state index in [4.69, 9.17) is 0 Å². The van der Waals surface area contributed by atoms with Crippen molar-refractivity contribution in [1.82, 2.24) is 0 Å². The second-order valence-electron chi connectivity index (χ2n) is 3.63. The molecule has 0 N–H and O–H groups in total. The van der Waals surface area contributed by atoms with E-state index < -0.39 is 0 Å². The minimum absolute atomic E-state index is 1.03. The van der Waals surface area contributed by atoms with Gasteiger partial charge < -0.3 is 0 Å². The van der Waals surface area contributed by atoms with Gasteiger partial charge in [0.1, 0.15) is 0 Å². The van der Waals surface area contributed by atoms with E-state index in [9.17, 15) is 0 Å². The number of hydrogen-bond donors (Lipinski definition) is 0. The van der Waals surface area contributed by atoms with Gasteiger partial charge in [-0.2, -0.15) is 0 Å². The van der Waals surface area contributed by atoms with Crippen LogP contribution in [0.25, 0.3) is 5.57 Å². The summed E-state index contributed by atoms with van der Waals surface area (Å²) in [6.07, 6.45) is 2.14. The average Bonchev–Trinajstić information content (AvgIpc) is 2.30. The van der Waals surface area contributed by atoms with Gasteiger partial charge in [-0.1, -0.05) is 56.3 Å². The molecular formula is C15H22. The van der Waals surface area contributed by atoms with Crippen LogP contribution in [0.5, 0.6) is 0 Å². The van der Waals surface area contributed by atoms with Crippen molar-refractivity contribution in [2.45, 2.75) is 33.6 Å². The topological polar surface area (TPSA) is 0 Å². The van der Waals surface area contributed by atoms with E-state index in [-0.39, 0.29) is 0 Å². The van der Waals surface area contributed by atoms with Crippen molar-refractivity contribution in [3.8, 4) is 0 Å². The molecule has 0 saturated heterocycles. The molecule has 0 aliphatic carbocycles. The number of hydrogen-bond acceptors (Lipinski definition) is 0. The maximum Gasteiger partial charge on any atom is -0.0231 e. The fourth-order valence-corrected chi connectivity index (χ4v) is 0.878. The van der Waals surface area contributed by atoms with Crippen LogP contribution < -0.4 is 0 Å². The van der Waals surface area contributed by atoms with Crippen molar-refractivity contribution in [2.24, 2.45) is 0 Å². The largest absolute Gasteiger partial charge is 0.100 e. The lowest BCUT2D eigenvalue weighted by atomic mass is 10.1. The molecule has 0 heteroatoms. The molecule has 0 heterocycles. The number of allylic oxidation sites excluding steroid dienone is 2. The van der Waals surface area contributed by atoms with Crippen molar-refractivity contribution in [2.75, 3.05) is 0 Å². The molecule has 1 rings (SSSR count). The first-order chi connectivity index (χ1) is 7.11. The Hall–Kier alpha value is -1.30. The summed E-state index contributed by atoms with van der Waals surface area (Å²) < 4.78 is 0. The zero-order valence-corrected chi connectivity index (χ0v) is 10.2. The molecule has 0 saturated carbocycles. The fourth-order valence-electron chi connectivity index (χ4n) is 0.878. The fraction of sp³-hybridized carbons (Fsp3) is 0.333. The summed E-state index contributed by atoms with van der Waals surface area (Å²) in [5.41, 5.74) is 3.72. The van der Waals surface area contributed by atoms with Gasteiger partial charge in [0, 0.05) is 0 Å². The molecule has 0 radical (unpaired) electrons. The van der Waals surface area contributed by atoms with E-state index in [1.54, 1.807) is 0 Å². The van der Waals surface area contributed by atoms with Crippen molar-refractivity contribution in [3.63, 3.8) is 0 Å². The molecule has 0 spiro atoms. The molecule has 0 aliphatic rings. The van der Waals surface area contributed by atoms with E-state index in [1.807, 2.05) is 25.1 Å². The molecule has 0 aliphatic heterocycles. The molecule has 15 heavy (non-hydrogen) atoms. The first kappa shape index (κ1) is 13.7. The third kappa shape index (κ3) is 6.73. The highest BCUT2D eigenvalue weighted by atomic mass is 14.0. The second-order valence-corrected chi connectivity index (χ2v) is 3.63. The van der Waals surface area contributed by atoms with Crippen molar-refractivity contribution in [1.29, 1.82) is 0 Å². The predicted molar refractivity (Wildman–Crippen MR) is 70.9 cm³/mol. The molecule has 1 aromatic carbocycles. The summed E-state index contributed by atoms with van der Waals surface area (Å²) in [5, 5.41) is 0. The summed E-state index contributed by atoms with van der Waals surface area (Å²) in [4.78, 5) is 0. The lowest BCUT2D eigenvalue weighted by Gasteiger charge is -1.99.